The van der Waals surface area contributed by atoms with Gasteiger partial charge in [-0.1, -0.05) is 13.0 Å². The maximum absolute atomic E-state index is 12.6. The van der Waals surface area contributed by atoms with E-state index in [1.165, 1.54) is 21.3 Å². The second-order valence-electron chi connectivity index (χ2n) is 6.26. The third-order valence-corrected chi connectivity index (χ3v) is 4.42. The Morgan fingerprint density at radius 3 is 2.50 bits per heavy atom. The molecule has 1 aromatic rings. The summed E-state index contributed by atoms with van der Waals surface area (Å²) in [4.78, 5) is 24.5. The molecule has 0 aliphatic carbocycles. The first-order valence-electron chi connectivity index (χ1n) is 9.18. The van der Waals surface area contributed by atoms with Gasteiger partial charge < -0.3 is 29.4 Å². The summed E-state index contributed by atoms with van der Waals surface area (Å²) in [6, 6.07) is 7.00. The van der Waals surface area contributed by atoms with Gasteiger partial charge in [-0.3, -0.25) is 4.79 Å². The number of nitrogens with two attached hydrogens (primary N) is 1. The standard InChI is InChI=1S/C21H24N2O7/c1-5-8-29-14-7-6-12(9-15(14)26-2)18-13(11-22)20(23)30-16(10-17(24)27-3)19(18)21(25)28-4/h6-7,9,18H,5,8,10,23H2,1-4H3/t18-/m0/s1. The van der Waals surface area contributed by atoms with E-state index < -0.39 is 17.9 Å². The van der Waals surface area contributed by atoms with Gasteiger partial charge >= 0.3 is 11.9 Å². The van der Waals surface area contributed by atoms with Gasteiger partial charge in [0.05, 0.1) is 39.4 Å². The number of nitrogens with zero attached hydrogens (tertiary/aromatic N) is 1. The van der Waals surface area contributed by atoms with Crippen LogP contribution in [0.4, 0.5) is 0 Å². The van der Waals surface area contributed by atoms with Crippen LogP contribution >= 0.6 is 0 Å². The average Bonchev–Trinajstić information content (AvgIpc) is 2.76. The van der Waals surface area contributed by atoms with Gasteiger partial charge in [-0.05, 0) is 24.1 Å². The van der Waals surface area contributed by atoms with Crippen molar-refractivity contribution in [2.45, 2.75) is 25.7 Å². The minimum Gasteiger partial charge on any atom is -0.493 e. The number of benzene rings is 1. The van der Waals surface area contributed by atoms with E-state index in [1.807, 2.05) is 13.0 Å². The number of rotatable bonds is 8. The molecule has 1 aliphatic heterocycles. The monoisotopic (exact) mass is 416 g/mol. The molecule has 1 atom stereocenters. The third-order valence-electron chi connectivity index (χ3n) is 4.42. The van der Waals surface area contributed by atoms with Crippen molar-refractivity contribution in [2.24, 2.45) is 5.73 Å². The van der Waals surface area contributed by atoms with Crippen LogP contribution in [0.3, 0.4) is 0 Å². The van der Waals surface area contributed by atoms with Gasteiger partial charge in [-0.25, -0.2) is 4.79 Å². The first kappa shape index (κ1) is 22.6. The van der Waals surface area contributed by atoms with Crippen LogP contribution in [0.25, 0.3) is 0 Å². The molecule has 0 saturated carbocycles. The number of nitriles is 1. The van der Waals surface area contributed by atoms with E-state index in [2.05, 4.69) is 4.74 Å². The zero-order chi connectivity index (χ0) is 22.3. The van der Waals surface area contributed by atoms with Crippen molar-refractivity contribution < 1.29 is 33.3 Å². The molecule has 0 saturated heterocycles. The summed E-state index contributed by atoms with van der Waals surface area (Å²) in [5, 5.41) is 9.69. The number of ether oxygens (including phenoxy) is 5. The van der Waals surface area contributed by atoms with Gasteiger partial charge in [0.25, 0.3) is 0 Å². The smallest absolute Gasteiger partial charge is 0.338 e. The summed E-state index contributed by atoms with van der Waals surface area (Å²) in [5.41, 5.74) is 6.44. The van der Waals surface area contributed by atoms with Crippen LogP contribution in [0.15, 0.2) is 41.0 Å². The van der Waals surface area contributed by atoms with Gasteiger partial charge in [0.15, 0.2) is 11.5 Å². The normalized spacial score (nSPS) is 15.8. The summed E-state index contributed by atoms with van der Waals surface area (Å²) >= 11 is 0. The SMILES string of the molecule is CCCOc1ccc([C@H]2C(C#N)=C(N)OC(CC(=O)OC)=C2C(=O)OC)cc1OC. The Kier molecular flexibility index (Phi) is 7.69. The Morgan fingerprint density at radius 2 is 1.93 bits per heavy atom. The maximum Gasteiger partial charge on any atom is 0.338 e. The molecule has 0 aromatic heterocycles. The van der Waals surface area contributed by atoms with Crippen LogP contribution in [0, 0.1) is 11.3 Å². The molecule has 2 rings (SSSR count). The van der Waals surface area contributed by atoms with Crippen LogP contribution < -0.4 is 15.2 Å². The molecule has 0 radical (unpaired) electrons. The van der Waals surface area contributed by atoms with Crippen molar-refractivity contribution in [1.82, 2.24) is 0 Å². The highest BCUT2D eigenvalue weighted by Crippen LogP contribution is 2.43. The van der Waals surface area contributed by atoms with E-state index in [0.717, 1.165) is 6.42 Å². The molecule has 1 heterocycles. The Hall–Kier alpha value is -3.67. The summed E-state index contributed by atoms with van der Waals surface area (Å²) in [6.45, 7) is 2.48. The lowest BCUT2D eigenvalue weighted by Gasteiger charge is -2.28. The second kappa shape index (κ2) is 10.2. The Labute approximate surface area is 174 Å². The molecule has 160 valence electrons. The van der Waals surface area contributed by atoms with E-state index in [-0.39, 0.29) is 29.2 Å². The zero-order valence-electron chi connectivity index (χ0n) is 17.3. The van der Waals surface area contributed by atoms with E-state index in [1.54, 1.807) is 18.2 Å². The van der Waals surface area contributed by atoms with E-state index in [9.17, 15) is 14.9 Å². The quantitative estimate of drug-likeness (QED) is 0.634. The molecular weight excluding hydrogens is 392 g/mol. The number of hydrogen-bond donors (Lipinski definition) is 1. The Bertz CT molecular complexity index is 928. The fraction of sp³-hybridized carbons (Fsp3) is 0.381. The number of carbonyl (C=O) groups excluding carboxylic acids is 2. The molecule has 9 nitrogen and oxygen atoms in total. The van der Waals surface area contributed by atoms with Crippen LogP contribution in [0.1, 0.15) is 31.2 Å². The highest BCUT2D eigenvalue weighted by molar-refractivity contribution is 5.93. The van der Waals surface area contributed by atoms with Gasteiger partial charge in [0.2, 0.25) is 5.88 Å². The van der Waals surface area contributed by atoms with Crippen molar-refractivity contribution in [3.05, 3.63) is 46.6 Å². The lowest BCUT2D eigenvalue weighted by molar-refractivity contribution is -0.140. The fourth-order valence-corrected chi connectivity index (χ4v) is 3.01. The highest BCUT2D eigenvalue weighted by Gasteiger charge is 2.38. The maximum atomic E-state index is 12.6. The van der Waals surface area contributed by atoms with Crippen molar-refractivity contribution in [2.75, 3.05) is 27.9 Å². The lowest BCUT2D eigenvalue weighted by Crippen LogP contribution is -2.27. The first-order valence-corrected chi connectivity index (χ1v) is 9.18. The number of esters is 2. The summed E-state index contributed by atoms with van der Waals surface area (Å²) < 4.78 is 26.1. The molecule has 0 amide bonds. The predicted octanol–water partition coefficient (Wildman–Crippen LogP) is 2.28. The van der Waals surface area contributed by atoms with Gasteiger partial charge in [0, 0.05) is 0 Å². The summed E-state index contributed by atoms with van der Waals surface area (Å²) in [7, 11) is 3.88. The Morgan fingerprint density at radius 1 is 1.20 bits per heavy atom. The number of hydrogen-bond acceptors (Lipinski definition) is 9. The van der Waals surface area contributed by atoms with Crippen molar-refractivity contribution in [3.8, 4) is 17.6 Å². The minimum atomic E-state index is -0.926. The molecular formula is C21H24N2O7. The van der Waals surface area contributed by atoms with Crippen LogP contribution in [0.2, 0.25) is 0 Å². The second-order valence-corrected chi connectivity index (χ2v) is 6.26. The first-order chi connectivity index (χ1) is 14.4. The fourth-order valence-electron chi connectivity index (χ4n) is 3.01. The lowest BCUT2D eigenvalue weighted by atomic mass is 9.82. The molecule has 0 bridgehead atoms. The van der Waals surface area contributed by atoms with Crippen molar-refractivity contribution in [3.63, 3.8) is 0 Å². The third kappa shape index (κ3) is 4.66. The molecule has 0 unspecified atom stereocenters. The van der Waals surface area contributed by atoms with E-state index in [4.69, 9.17) is 24.7 Å². The van der Waals surface area contributed by atoms with Crippen molar-refractivity contribution >= 4 is 11.9 Å². The minimum absolute atomic E-state index is 0.00768. The number of allylic oxidation sites excluding steroid dienone is 1. The largest absolute Gasteiger partial charge is 0.493 e. The Balaban J connectivity index is 2.66. The van der Waals surface area contributed by atoms with Gasteiger partial charge in [0.1, 0.15) is 23.8 Å². The highest BCUT2D eigenvalue weighted by atomic mass is 16.5. The van der Waals surface area contributed by atoms with Gasteiger partial charge in [-0.2, -0.15) is 5.26 Å². The average molecular weight is 416 g/mol. The predicted molar refractivity (Wildman–Crippen MR) is 105 cm³/mol. The van der Waals surface area contributed by atoms with E-state index in [0.29, 0.717) is 23.7 Å². The molecule has 1 aliphatic rings. The summed E-state index contributed by atoms with van der Waals surface area (Å²) in [6.07, 6.45) is 0.459. The zero-order valence-corrected chi connectivity index (χ0v) is 17.3. The number of carbonyl (C=O) groups is 2. The summed E-state index contributed by atoms with van der Waals surface area (Å²) in [5.74, 6) is -1.64. The van der Waals surface area contributed by atoms with Gasteiger partial charge in [-0.15, -0.1) is 0 Å². The molecule has 30 heavy (non-hydrogen) atoms. The van der Waals surface area contributed by atoms with Crippen molar-refractivity contribution in [1.29, 1.82) is 5.26 Å². The molecule has 0 spiro atoms. The molecule has 2 N–H and O–H groups in total. The number of methoxy groups -OCH3 is 3. The molecule has 9 heteroatoms. The topological polar surface area (TPSA) is 130 Å². The van der Waals surface area contributed by atoms with Crippen LogP contribution in [0.5, 0.6) is 11.5 Å². The molecule has 0 fully saturated rings. The van der Waals surface area contributed by atoms with E-state index >= 15 is 0 Å². The molecule has 1 aromatic carbocycles. The van der Waals surface area contributed by atoms with Crippen LogP contribution in [-0.2, 0) is 23.8 Å². The van der Waals surface area contributed by atoms with Crippen LogP contribution in [-0.4, -0.2) is 39.9 Å².